The number of hydrogen-bond acceptors (Lipinski definition) is 7. The number of nitrogens with zero attached hydrogens (tertiary/aromatic N) is 2. The molecular formula is C12H28N6O. The molecule has 0 aliphatic rings. The van der Waals surface area contributed by atoms with Crippen LogP contribution in [0.5, 0.6) is 0 Å². The van der Waals surface area contributed by atoms with Gasteiger partial charge in [-0.05, 0) is 13.8 Å². The summed E-state index contributed by atoms with van der Waals surface area (Å²) in [6, 6.07) is 0. The number of nitrogens with two attached hydrogens (primary N) is 1. The van der Waals surface area contributed by atoms with Crippen LogP contribution in [0.3, 0.4) is 0 Å². The highest BCUT2D eigenvalue weighted by Crippen LogP contribution is 1.83. The quantitative estimate of drug-likeness (QED) is 0.136. The summed E-state index contributed by atoms with van der Waals surface area (Å²) in [5.41, 5.74) is 6.69. The molecule has 7 nitrogen and oxygen atoms in total. The molecule has 7 heteroatoms. The second kappa shape index (κ2) is 13.4. The van der Waals surface area contributed by atoms with E-state index in [1.54, 1.807) is 6.92 Å². The zero-order valence-electron chi connectivity index (χ0n) is 12.1. The Morgan fingerprint density at radius 2 is 1.42 bits per heavy atom. The van der Waals surface area contributed by atoms with Gasteiger partial charge in [-0.1, -0.05) is 5.16 Å². The van der Waals surface area contributed by atoms with E-state index in [0.717, 1.165) is 45.0 Å². The van der Waals surface area contributed by atoms with E-state index in [4.69, 9.17) is 10.9 Å². The maximum Gasteiger partial charge on any atom is 0.0971 e. The summed E-state index contributed by atoms with van der Waals surface area (Å²) in [5, 5.41) is 21.5. The molecule has 19 heavy (non-hydrogen) atoms. The van der Waals surface area contributed by atoms with Gasteiger partial charge in [-0.25, -0.2) is 0 Å². The first-order chi connectivity index (χ1) is 9.22. The molecule has 0 radical (unpaired) electrons. The van der Waals surface area contributed by atoms with Gasteiger partial charge in [-0.3, -0.25) is 4.99 Å². The largest absolute Gasteiger partial charge is 0.411 e. The first-order valence-corrected chi connectivity index (χ1v) is 6.74. The van der Waals surface area contributed by atoms with Crippen LogP contribution in [0.1, 0.15) is 13.8 Å². The van der Waals surface area contributed by atoms with Crippen LogP contribution in [0.2, 0.25) is 0 Å². The zero-order chi connectivity index (χ0) is 14.3. The van der Waals surface area contributed by atoms with E-state index >= 15 is 0 Å². The van der Waals surface area contributed by atoms with E-state index in [2.05, 4.69) is 26.1 Å². The van der Waals surface area contributed by atoms with E-state index in [9.17, 15) is 0 Å². The number of hydrogen-bond donors (Lipinski definition) is 5. The summed E-state index contributed by atoms with van der Waals surface area (Å²) in [6.07, 6.45) is 0. The molecule has 0 unspecified atom stereocenters. The molecule has 6 N–H and O–H groups in total. The van der Waals surface area contributed by atoms with Crippen molar-refractivity contribution in [1.82, 2.24) is 16.0 Å². The van der Waals surface area contributed by atoms with Crippen LogP contribution in [0.15, 0.2) is 10.1 Å². The van der Waals surface area contributed by atoms with Gasteiger partial charge in [0.2, 0.25) is 0 Å². The van der Waals surface area contributed by atoms with Gasteiger partial charge in [-0.2, -0.15) is 0 Å². The molecule has 0 saturated carbocycles. The number of aliphatic imine (C=N–C) groups is 1. The van der Waals surface area contributed by atoms with Crippen molar-refractivity contribution in [3.63, 3.8) is 0 Å². The summed E-state index contributed by atoms with van der Waals surface area (Å²) in [4.78, 5) is 4.28. The lowest BCUT2D eigenvalue weighted by Crippen LogP contribution is -2.34. The molecule has 0 heterocycles. The van der Waals surface area contributed by atoms with Crippen LogP contribution in [-0.2, 0) is 0 Å². The Morgan fingerprint density at radius 3 is 1.95 bits per heavy atom. The first-order valence-electron chi connectivity index (χ1n) is 6.74. The van der Waals surface area contributed by atoms with Crippen LogP contribution in [0, 0.1) is 0 Å². The van der Waals surface area contributed by atoms with Crippen LogP contribution in [0.4, 0.5) is 0 Å². The smallest absolute Gasteiger partial charge is 0.0971 e. The summed E-state index contributed by atoms with van der Waals surface area (Å²) in [7, 11) is 0. The van der Waals surface area contributed by atoms with Crippen molar-refractivity contribution in [2.24, 2.45) is 15.9 Å². The van der Waals surface area contributed by atoms with Gasteiger partial charge in [0.1, 0.15) is 0 Å². The molecule has 112 valence electrons. The molecule has 0 aliphatic heterocycles. The standard InChI is InChI=1S/C12H28N6O/c1-11(12(2)18-19)17-10-9-16-8-7-15-6-5-14-4-3-13/h14-16,19H,3-10,13H2,1-2H3. The van der Waals surface area contributed by atoms with Crippen molar-refractivity contribution < 1.29 is 5.21 Å². The number of rotatable bonds is 12. The third-order valence-electron chi connectivity index (χ3n) is 2.59. The zero-order valence-corrected chi connectivity index (χ0v) is 12.1. The molecule has 0 spiro atoms. The molecule has 0 bridgehead atoms. The van der Waals surface area contributed by atoms with E-state index in [0.29, 0.717) is 18.8 Å². The fourth-order valence-electron chi connectivity index (χ4n) is 1.32. The second-order valence-electron chi connectivity index (χ2n) is 4.19. The highest BCUT2D eigenvalue weighted by atomic mass is 16.4. The Morgan fingerprint density at radius 1 is 0.895 bits per heavy atom. The van der Waals surface area contributed by atoms with Gasteiger partial charge >= 0.3 is 0 Å². The summed E-state index contributed by atoms with van der Waals surface area (Å²) in [5.74, 6) is 0. The van der Waals surface area contributed by atoms with Crippen molar-refractivity contribution >= 4 is 11.4 Å². The van der Waals surface area contributed by atoms with Crippen molar-refractivity contribution in [2.75, 3.05) is 52.4 Å². The molecule has 0 amide bonds. The molecule has 0 rings (SSSR count). The molecule has 0 aromatic rings. The van der Waals surface area contributed by atoms with E-state index in [1.165, 1.54) is 0 Å². The monoisotopic (exact) mass is 272 g/mol. The molecule has 0 fully saturated rings. The Labute approximate surface area is 115 Å². The third-order valence-corrected chi connectivity index (χ3v) is 2.59. The fraction of sp³-hybridized carbons (Fsp3) is 0.833. The minimum atomic E-state index is 0.562. The Kier molecular flexibility index (Phi) is 12.7. The molecule has 0 aliphatic carbocycles. The van der Waals surface area contributed by atoms with Gasteiger partial charge < -0.3 is 26.9 Å². The summed E-state index contributed by atoms with van der Waals surface area (Å²) in [6.45, 7) is 10.4. The Hall–Kier alpha value is -1.02. The molecule has 0 aromatic heterocycles. The molecule has 0 aromatic carbocycles. The Bertz CT molecular complexity index is 267. The van der Waals surface area contributed by atoms with E-state index < -0.39 is 0 Å². The molecule has 0 saturated heterocycles. The van der Waals surface area contributed by atoms with Gasteiger partial charge in [-0.15, -0.1) is 0 Å². The molecule has 0 atom stereocenters. The fourth-order valence-corrected chi connectivity index (χ4v) is 1.32. The summed E-state index contributed by atoms with van der Waals surface area (Å²) >= 11 is 0. The highest BCUT2D eigenvalue weighted by Gasteiger charge is 1.95. The first kappa shape index (κ1) is 18.0. The maximum atomic E-state index is 8.55. The predicted molar refractivity (Wildman–Crippen MR) is 80.5 cm³/mol. The number of nitrogens with one attached hydrogen (secondary N) is 3. The van der Waals surface area contributed by atoms with Gasteiger partial charge in [0.25, 0.3) is 0 Å². The van der Waals surface area contributed by atoms with Crippen molar-refractivity contribution in [3.05, 3.63) is 0 Å². The van der Waals surface area contributed by atoms with Crippen molar-refractivity contribution in [3.8, 4) is 0 Å². The SMILES string of the molecule is CC(=NO)C(C)=NCCNCCNCCNCCN. The lowest BCUT2D eigenvalue weighted by molar-refractivity contribution is 0.320. The lowest BCUT2D eigenvalue weighted by atomic mass is 10.3. The summed E-state index contributed by atoms with van der Waals surface area (Å²) < 4.78 is 0. The maximum absolute atomic E-state index is 8.55. The predicted octanol–water partition coefficient (Wildman–Crippen LogP) is -0.975. The average Bonchev–Trinajstić information content (AvgIpc) is 2.43. The topological polar surface area (TPSA) is 107 Å². The van der Waals surface area contributed by atoms with Crippen LogP contribution in [-0.4, -0.2) is 69.0 Å². The van der Waals surface area contributed by atoms with E-state index in [-0.39, 0.29) is 0 Å². The highest BCUT2D eigenvalue weighted by molar-refractivity contribution is 6.40. The second-order valence-corrected chi connectivity index (χ2v) is 4.19. The third kappa shape index (κ3) is 11.8. The van der Waals surface area contributed by atoms with Gasteiger partial charge in [0.05, 0.1) is 18.0 Å². The lowest BCUT2D eigenvalue weighted by Gasteiger charge is -2.06. The van der Waals surface area contributed by atoms with Crippen molar-refractivity contribution in [1.29, 1.82) is 0 Å². The normalized spacial score (nSPS) is 13.0. The van der Waals surface area contributed by atoms with Crippen LogP contribution < -0.4 is 21.7 Å². The average molecular weight is 272 g/mol. The van der Waals surface area contributed by atoms with Gasteiger partial charge in [0, 0.05) is 45.8 Å². The van der Waals surface area contributed by atoms with Crippen LogP contribution >= 0.6 is 0 Å². The van der Waals surface area contributed by atoms with Crippen LogP contribution in [0.25, 0.3) is 0 Å². The molecular weight excluding hydrogens is 244 g/mol. The number of oxime groups is 1. The van der Waals surface area contributed by atoms with E-state index in [1.807, 2.05) is 6.92 Å². The van der Waals surface area contributed by atoms with Gasteiger partial charge in [0.15, 0.2) is 0 Å². The Balaban J connectivity index is 3.28. The minimum absolute atomic E-state index is 0.562. The minimum Gasteiger partial charge on any atom is -0.411 e. The van der Waals surface area contributed by atoms with Crippen molar-refractivity contribution in [2.45, 2.75) is 13.8 Å².